The highest BCUT2D eigenvalue weighted by Gasteiger charge is 2.50. The first kappa shape index (κ1) is 20.7. The normalized spacial score (nSPS) is 25.8. The summed E-state index contributed by atoms with van der Waals surface area (Å²) in [5, 5.41) is 23.2. The molecule has 3 aliphatic rings. The Labute approximate surface area is 185 Å². The predicted molar refractivity (Wildman–Crippen MR) is 111 cm³/mol. The zero-order valence-corrected chi connectivity index (χ0v) is 18.2. The van der Waals surface area contributed by atoms with Crippen LogP contribution in [-0.2, 0) is 20.9 Å². The molecule has 0 unspecified atom stereocenters. The monoisotopic (exact) mass is 438 g/mol. The summed E-state index contributed by atoms with van der Waals surface area (Å²) in [6, 6.07) is 2.32. The van der Waals surface area contributed by atoms with Crippen molar-refractivity contribution in [3.8, 4) is 5.82 Å². The smallest absolute Gasteiger partial charge is 0.336 e. The Kier molecular flexibility index (Phi) is 5.20. The van der Waals surface area contributed by atoms with E-state index in [4.69, 9.17) is 4.74 Å². The molecule has 0 bridgehead atoms. The Balaban J connectivity index is 1.17. The van der Waals surface area contributed by atoms with Gasteiger partial charge in [0.2, 0.25) is 5.91 Å². The summed E-state index contributed by atoms with van der Waals surface area (Å²) in [6.07, 6.45) is 5.90. The number of carbonyl (C=O) groups excluding carboxylic acids is 2. The first-order valence-electron chi connectivity index (χ1n) is 11.0. The van der Waals surface area contributed by atoms with Crippen LogP contribution in [0.15, 0.2) is 23.7 Å². The van der Waals surface area contributed by atoms with Gasteiger partial charge in [0, 0.05) is 19.1 Å². The number of esters is 1. The Morgan fingerprint density at radius 1 is 1.19 bits per heavy atom. The summed E-state index contributed by atoms with van der Waals surface area (Å²) in [6.45, 7) is 5.19. The van der Waals surface area contributed by atoms with Crippen molar-refractivity contribution in [2.75, 3.05) is 13.2 Å². The van der Waals surface area contributed by atoms with Crippen LogP contribution in [0.1, 0.15) is 50.3 Å². The molecule has 32 heavy (non-hydrogen) atoms. The van der Waals surface area contributed by atoms with Crippen LogP contribution < -0.4 is 5.32 Å². The van der Waals surface area contributed by atoms with Crippen LogP contribution in [0, 0.1) is 12.3 Å². The maximum absolute atomic E-state index is 13.2. The Morgan fingerprint density at radius 2 is 2.00 bits per heavy atom. The van der Waals surface area contributed by atoms with Gasteiger partial charge < -0.3 is 15.0 Å². The highest BCUT2D eigenvalue weighted by Crippen LogP contribution is 2.46. The summed E-state index contributed by atoms with van der Waals surface area (Å²) in [5.41, 5.74) is 2.81. The first-order valence-corrected chi connectivity index (χ1v) is 11.0. The number of aromatic nitrogens is 6. The molecule has 1 spiro atoms. The zero-order valence-electron chi connectivity index (χ0n) is 18.2. The second-order valence-electron chi connectivity index (χ2n) is 8.89. The third kappa shape index (κ3) is 3.56. The number of nitrogens with zero attached hydrogens (tertiary/aromatic N) is 7. The van der Waals surface area contributed by atoms with E-state index in [0.29, 0.717) is 30.5 Å². The van der Waals surface area contributed by atoms with Gasteiger partial charge in [-0.15, -0.1) is 10.2 Å². The average molecular weight is 438 g/mol. The lowest BCUT2D eigenvalue weighted by Crippen LogP contribution is -2.42. The van der Waals surface area contributed by atoms with Gasteiger partial charge in [-0.2, -0.15) is 9.78 Å². The van der Waals surface area contributed by atoms with Gasteiger partial charge in [0.05, 0.1) is 22.4 Å². The van der Waals surface area contributed by atoms with Crippen molar-refractivity contribution >= 4 is 11.9 Å². The lowest BCUT2D eigenvalue weighted by Gasteiger charge is -2.36. The maximum Gasteiger partial charge on any atom is 0.336 e. The molecule has 0 radical (unpaired) electrons. The Hall–Kier alpha value is -3.21. The molecule has 1 amide bonds. The van der Waals surface area contributed by atoms with Crippen molar-refractivity contribution in [3.63, 3.8) is 0 Å². The highest BCUT2D eigenvalue weighted by molar-refractivity contribution is 5.94. The molecule has 2 aliphatic heterocycles. The minimum Gasteiger partial charge on any atom is -0.456 e. The van der Waals surface area contributed by atoms with E-state index in [1.54, 1.807) is 11.8 Å². The fourth-order valence-electron chi connectivity index (χ4n) is 5.02. The molecule has 1 saturated heterocycles. The molecule has 2 aromatic heterocycles. The van der Waals surface area contributed by atoms with Gasteiger partial charge in [-0.1, -0.05) is 0 Å². The SMILES string of the molecule is CC1=C(N2CCC3(CCC(NCc4cc(C)c(-n5cnnn5)nn4)CC3)C2=O)COC1=O. The third-order valence-corrected chi connectivity index (χ3v) is 7.01. The topological polar surface area (TPSA) is 128 Å². The molecule has 4 heterocycles. The number of carbonyl (C=O) groups is 2. The maximum atomic E-state index is 13.2. The third-order valence-electron chi connectivity index (χ3n) is 7.01. The number of hydrogen-bond donors (Lipinski definition) is 1. The fourth-order valence-corrected chi connectivity index (χ4v) is 5.02. The van der Waals surface area contributed by atoms with Crippen LogP contribution in [0.5, 0.6) is 0 Å². The van der Waals surface area contributed by atoms with E-state index >= 15 is 0 Å². The van der Waals surface area contributed by atoms with E-state index < -0.39 is 0 Å². The van der Waals surface area contributed by atoms with Gasteiger partial charge in [0.15, 0.2) is 5.82 Å². The van der Waals surface area contributed by atoms with Gasteiger partial charge in [-0.05, 0) is 68.0 Å². The van der Waals surface area contributed by atoms with Gasteiger partial charge in [0.1, 0.15) is 12.9 Å². The number of aryl methyl sites for hydroxylation is 1. The van der Waals surface area contributed by atoms with Crippen molar-refractivity contribution in [1.29, 1.82) is 0 Å². The molecule has 2 aromatic rings. The largest absolute Gasteiger partial charge is 0.456 e. The van der Waals surface area contributed by atoms with Crippen LogP contribution in [-0.4, -0.2) is 66.4 Å². The second-order valence-corrected chi connectivity index (χ2v) is 8.89. The molecule has 11 nitrogen and oxygen atoms in total. The van der Waals surface area contributed by atoms with E-state index in [-0.39, 0.29) is 23.9 Å². The molecular weight excluding hydrogens is 412 g/mol. The van der Waals surface area contributed by atoms with Gasteiger partial charge in [-0.25, -0.2) is 4.79 Å². The number of ether oxygens (including phenoxy) is 1. The van der Waals surface area contributed by atoms with Gasteiger partial charge >= 0.3 is 5.97 Å². The lowest BCUT2D eigenvalue weighted by molar-refractivity contribution is -0.138. The number of amides is 1. The molecule has 11 heteroatoms. The number of tetrazole rings is 1. The van der Waals surface area contributed by atoms with Crippen LogP contribution in [0.25, 0.3) is 5.82 Å². The summed E-state index contributed by atoms with van der Waals surface area (Å²) in [5.74, 6) is 0.455. The summed E-state index contributed by atoms with van der Waals surface area (Å²) < 4.78 is 6.60. The molecule has 0 aromatic carbocycles. The highest BCUT2D eigenvalue weighted by atomic mass is 16.5. The molecular formula is C21H26N8O3. The average Bonchev–Trinajstić information content (AvgIpc) is 3.51. The number of likely N-dealkylation sites (tertiary alicyclic amines) is 1. The first-order chi connectivity index (χ1) is 15.5. The van der Waals surface area contributed by atoms with Crippen LogP contribution >= 0.6 is 0 Å². The summed E-state index contributed by atoms with van der Waals surface area (Å²) in [4.78, 5) is 26.7. The zero-order chi connectivity index (χ0) is 22.3. The van der Waals surface area contributed by atoms with E-state index in [1.807, 2.05) is 13.0 Å². The summed E-state index contributed by atoms with van der Waals surface area (Å²) >= 11 is 0. The Morgan fingerprint density at radius 3 is 2.66 bits per heavy atom. The molecule has 1 saturated carbocycles. The van der Waals surface area contributed by atoms with Crippen molar-refractivity contribution in [2.45, 2.75) is 58.5 Å². The summed E-state index contributed by atoms with van der Waals surface area (Å²) in [7, 11) is 0. The van der Waals surface area contributed by atoms with Crippen molar-refractivity contribution < 1.29 is 14.3 Å². The quantitative estimate of drug-likeness (QED) is 0.675. The minimum atomic E-state index is -0.314. The second kappa shape index (κ2) is 8.05. The molecule has 1 aliphatic carbocycles. The van der Waals surface area contributed by atoms with E-state index in [1.165, 1.54) is 11.0 Å². The minimum absolute atomic E-state index is 0.156. The fraction of sp³-hybridized carbons (Fsp3) is 0.571. The van der Waals surface area contributed by atoms with Crippen molar-refractivity contribution in [2.24, 2.45) is 5.41 Å². The van der Waals surface area contributed by atoms with E-state index in [2.05, 4.69) is 31.0 Å². The van der Waals surface area contributed by atoms with Crippen LogP contribution in [0.4, 0.5) is 0 Å². The molecule has 5 rings (SSSR count). The standard InChI is InChI=1S/C21H26N8O3/c1-13-9-16(24-25-18(13)29-12-23-26-27-29)10-22-15-3-5-21(6-4-15)7-8-28(20(21)31)17-11-32-19(30)14(17)2/h9,12,15,22H,3-8,10-11H2,1-2H3. The predicted octanol–water partition coefficient (Wildman–Crippen LogP) is 0.842. The van der Waals surface area contributed by atoms with Crippen LogP contribution in [0.2, 0.25) is 0 Å². The number of cyclic esters (lactones) is 1. The van der Waals surface area contributed by atoms with Crippen LogP contribution in [0.3, 0.4) is 0 Å². The molecule has 0 atom stereocenters. The lowest BCUT2D eigenvalue weighted by atomic mass is 9.71. The van der Waals surface area contributed by atoms with E-state index in [9.17, 15) is 9.59 Å². The van der Waals surface area contributed by atoms with Gasteiger partial charge in [-0.3, -0.25) is 4.79 Å². The number of rotatable bonds is 5. The van der Waals surface area contributed by atoms with Crippen molar-refractivity contribution in [1.82, 2.24) is 40.6 Å². The molecule has 1 N–H and O–H groups in total. The molecule has 2 fully saturated rings. The van der Waals surface area contributed by atoms with E-state index in [0.717, 1.165) is 49.1 Å². The molecule has 168 valence electrons. The van der Waals surface area contributed by atoms with Crippen molar-refractivity contribution in [3.05, 3.63) is 34.9 Å². The number of nitrogens with one attached hydrogen (secondary N) is 1. The Bertz CT molecular complexity index is 1070. The number of hydrogen-bond acceptors (Lipinski definition) is 9. The van der Waals surface area contributed by atoms with Gasteiger partial charge in [0.25, 0.3) is 0 Å².